The highest BCUT2D eigenvalue weighted by molar-refractivity contribution is 7.52. The number of fused-ring (bicyclic) bond motifs is 2. The molecule has 0 aliphatic carbocycles. The number of amides is 2. The quantitative estimate of drug-likeness (QED) is 0.00418. The summed E-state index contributed by atoms with van der Waals surface area (Å²) in [6.07, 6.45) is -3.28. The van der Waals surface area contributed by atoms with Crippen LogP contribution in [0.5, 0.6) is 17.2 Å². The number of hydrogen-bond donors (Lipinski definition) is 7. The van der Waals surface area contributed by atoms with E-state index in [-0.39, 0.29) is 70.6 Å². The molecule has 6 heterocycles. The van der Waals surface area contributed by atoms with Gasteiger partial charge in [0.2, 0.25) is 46.7 Å². The molecule has 108 heavy (non-hydrogen) atoms. The van der Waals surface area contributed by atoms with E-state index in [9.17, 15) is 65.6 Å². The third kappa shape index (κ3) is 21.0. The Kier molecular flexibility index (Phi) is 29.8. The maximum atomic E-state index is 16.3. The molecule has 9 N–H and O–H groups in total. The van der Waals surface area contributed by atoms with Crippen LogP contribution in [0, 0.1) is 29.1 Å². The van der Waals surface area contributed by atoms with Crippen LogP contribution in [0.3, 0.4) is 0 Å². The van der Waals surface area contributed by atoms with E-state index in [4.69, 9.17) is 53.5 Å². The van der Waals surface area contributed by atoms with E-state index >= 15 is 8.78 Å². The third-order valence-corrected chi connectivity index (χ3v) is 19.2. The maximum absolute atomic E-state index is 16.3. The summed E-state index contributed by atoms with van der Waals surface area (Å²) in [4.78, 5) is 76.8. The molecule has 42 heteroatoms. The number of hydrogen-bond acceptors (Lipinski definition) is 27. The highest BCUT2D eigenvalue weighted by Gasteiger charge is 2.57. The fourth-order valence-corrected chi connectivity index (χ4v) is 13.4. The molecule has 0 bridgehead atoms. The summed E-state index contributed by atoms with van der Waals surface area (Å²) < 4.78 is 182. The monoisotopic (exact) mass is 1570 g/mol. The summed E-state index contributed by atoms with van der Waals surface area (Å²) in [6.45, 7) is 14.6. The normalized spacial score (nSPS) is 21.3. The number of carbonyl (C=O) groups excluding carboxylic acids is 4. The average Bonchev–Trinajstić information content (AvgIpc) is 1.59. The molecule has 0 unspecified atom stereocenters. The van der Waals surface area contributed by atoms with Gasteiger partial charge in [-0.3, -0.25) is 33.0 Å². The van der Waals surface area contributed by atoms with Gasteiger partial charge in [-0.15, -0.1) is 0 Å². The summed E-state index contributed by atoms with van der Waals surface area (Å²) in [5.41, 5.74) is 7.49. The van der Waals surface area contributed by atoms with E-state index in [1.165, 1.54) is 100.0 Å². The van der Waals surface area contributed by atoms with Crippen LogP contribution in [0.4, 0.5) is 63.9 Å². The van der Waals surface area contributed by atoms with Crippen LogP contribution in [0.15, 0.2) is 73.3 Å². The van der Waals surface area contributed by atoms with Gasteiger partial charge in [0.05, 0.1) is 51.3 Å². The molecule has 9 rings (SSSR count). The topological polar surface area (TPSA) is 425 Å². The number of nitrogen functional groups attached to an aromatic ring is 2. The predicted octanol–water partition coefficient (Wildman–Crippen LogP) is 10.3. The van der Waals surface area contributed by atoms with Gasteiger partial charge in [0.15, 0.2) is 57.8 Å². The first-order valence-corrected chi connectivity index (χ1v) is 36.9. The van der Waals surface area contributed by atoms with Crippen molar-refractivity contribution in [3.63, 3.8) is 0 Å². The molecule has 2 aliphatic rings. The largest absolute Gasteiger partial charge is 0.513 e. The molecule has 0 radical (unpaired) electrons. The predicted molar refractivity (Wildman–Crippen MR) is 374 cm³/mol. The fraction of sp³-hybridized carbons (Fsp3) is 0.515. The number of rotatable bonds is 30. The van der Waals surface area contributed by atoms with Crippen molar-refractivity contribution in [1.82, 2.24) is 49.2 Å². The van der Waals surface area contributed by atoms with Gasteiger partial charge in [-0.2, -0.15) is 38.9 Å². The number of alkyl halides is 2. The molecule has 33 nitrogen and oxygen atoms in total. The minimum Gasteiger partial charge on any atom is -0.462 e. The zero-order valence-electron chi connectivity index (χ0n) is 60.8. The lowest BCUT2D eigenvalue weighted by molar-refractivity contribution is -0.150. The zero-order valence-corrected chi connectivity index (χ0v) is 62.6. The molecule has 4 aromatic heterocycles. The molecule has 2 fully saturated rings. The van der Waals surface area contributed by atoms with Gasteiger partial charge in [0.25, 0.3) is 0 Å². The first-order chi connectivity index (χ1) is 50.8. The van der Waals surface area contributed by atoms with Crippen LogP contribution < -0.4 is 45.0 Å². The summed E-state index contributed by atoms with van der Waals surface area (Å²) in [6, 6.07) is 12.6. The second-order valence-corrected chi connectivity index (χ2v) is 28.7. The van der Waals surface area contributed by atoms with Gasteiger partial charge in [-0.05, 0) is 92.5 Å². The Morgan fingerprint density at radius 1 is 0.593 bits per heavy atom. The molecule has 2 aliphatic heterocycles. The Balaban J connectivity index is 0.000000236. The smallest absolute Gasteiger partial charge is 0.462 e. The number of nitrogens with one attached hydrogen (secondary N) is 2. The van der Waals surface area contributed by atoms with Crippen LogP contribution in [-0.2, 0) is 51.7 Å². The standard InChI is InChI=1S/C30H43FN7O9P.C18H17F5NO5P.C18H27FN6O5/c1-7-8-12-15-43-29(41)37(6)24-22-25(35-28(32)34-24)38(17-33-22)27-30(5,31)23(39)21(46-27)16-44-48(42,47-20-13-10-9-11-14-20)36-19(4)26(40)45-18(2)3;1-9(2)27-18(25)10(3)24-30(26,28-11-7-5-4-6-8-11)29-17-15(22)13(20)12(19)14(21)16(17)23;1-4-5-6-7-29-17(28)24(3)13-11-14(23-16(20)22-13)25(9-21-11)15-18(2,19)12(27)10(8-26)30-15/h9-11,13-14,17-19,21,23,27,39H,7-8,12,15-16H2,1-6H3,(H,36,42)(H2,32,34,35);4-10H,1-3H3,(H,24,26);9-10,12,15,26-27H,4-8H2,1-3H3,(H2,20,22,23)/t19-,21+,23+,27+,30+,48-;10-,30-;10-,12-,15-,18-/m001/s1. The first-order valence-electron chi connectivity index (χ1n) is 33.8. The van der Waals surface area contributed by atoms with Crippen molar-refractivity contribution in [3.05, 3.63) is 102 Å². The molecule has 2 amide bonds. The molecule has 0 spiro atoms. The fourth-order valence-electron chi connectivity index (χ4n) is 10.4. The Morgan fingerprint density at radius 2 is 0.972 bits per heavy atom. The van der Waals surface area contributed by atoms with Crippen LogP contribution >= 0.6 is 15.5 Å². The molecule has 7 aromatic rings. The SMILES string of the molecule is CC(C)OC(=O)[C@H](C)N[P@](=O)(Oc1ccccc1)Oc1c(F)c(F)c(F)c(F)c1F.CCCCCOC(=O)N(C)c1nc(N)nc2c1ncn2[C@@H]1O[C@H](CO)[C@@H](O)[C@@]1(C)F.CCCCCOC(=O)N(C)c1nc(N)nc2c1ncn2[C@@H]1O[C@H](CO[P@@](=O)(N[C@@H](C)C(=O)OC(C)C)Oc2ccccc2)[C@@H](O)[C@@]1(C)F. The Bertz CT molecular complexity index is 4300. The number of imidazole rings is 2. The number of esters is 2. The number of halogens is 7. The average molecular weight is 1580 g/mol. The number of aromatic nitrogens is 8. The number of unbranched alkanes of at least 4 members (excludes halogenated alkanes) is 4. The number of aliphatic hydroxyl groups excluding tert-OH is 3. The van der Waals surface area contributed by atoms with Gasteiger partial charge < -0.3 is 68.8 Å². The van der Waals surface area contributed by atoms with Crippen LogP contribution in [0.2, 0.25) is 0 Å². The van der Waals surface area contributed by atoms with E-state index in [1.807, 2.05) is 13.8 Å². The van der Waals surface area contributed by atoms with Crippen molar-refractivity contribution < 1.29 is 121 Å². The second-order valence-electron chi connectivity index (χ2n) is 25.4. The highest BCUT2D eigenvalue weighted by Crippen LogP contribution is 2.50. The van der Waals surface area contributed by atoms with Gasteiger partial charge in [0.1, 0.15) is 48.0 Å². The van der Waals surface area contributed by atoms with Gasteiger partial charge in [-0.25, -0.2) is 50.6 Å². The van der Waals surface area contributed by atoms with E-state index < -0.39 is 160 Å². The number of benzene rings is 3. The Labute approximate surface area is 615 Å². The summed E-state index contributed by atoms with van der Waals surface area (Å²) >= 11 is 0. The van der Waals surface area contributed by atoms with Crippen molar-refractivity contribution in [2.75, 3.05) is 61.8 Å². The van der Waals surface area contributed by atoms with Crippen LogP contribution in [0.1, 0.15) is 120 Å². The lowest BCUT2D eigenvalue weighted by atomic mass is 9.98. The van der Waals surface area contributed by atoms with Crippen molar-refractivity contribution in [1.29, 1.82) is 0 Å². The van der Waals surface area contributed by atoms with Crippen molar-refractivity contribution >= 4 is 85.5 Å². The second kappa shape index (κ2) is 37.3. The number of ether oxygens (including phenoxy) is 6. The molecule has 2 saturated heterocycles. The Hall–Kier alpha value is -9.11. The van der Waals surface area contributed by atoms with Gasteiger partial charge in [0, 0.05) is 14.1 Å². The van der Waals surface area contributed by atoms with E-state index in [0.29, 0.717) is 6.42 Å². The molecule has 594 valence electrons. The van der Waals surface area contributed by atoms with Crippen LogP contribution in [-0.4, -0.2) is 179 Å². The number of carbonyl (C=O) groups is 4. The third-order valence-electron chi connectivity index (χ3n) is 15.9. The van der Waals surface area contributed by atoms with E-state index in [2.05, 4.69) is 44.6 Å². The minimum atomic E-state index is -4.91. The van der Waals surface area contributed by atoms with Crippen LogP contribution in [0.25, 0.3) is 22.3 Å². The summed E-state index contributed by atoms with van der Waals surface area (Å²) in [5.74, 6) is -15.5. The lowest BCUT2D eigenvalue weighted by Gasteiger charge is -2.25. The van der Waals surface area contributed by atoms with Crippen molar-refractivity contribution in [3.8, 4) is 17.2 Å². The maximum Gasteiger partial charge on any atom is 0.513 e. The van der Waals surface area contributed by atoms with E-state index in [0.717, 1.165) is 55.8 Å². The molecular weight excluding hydrogens is 1490 g/mol. The lowest BCUT2D eigenvalue weighted by Crippen LogP contribution is -2.41. The zero-order chi connectivity index (χ0) is 79.9. The Morgan fingerprint density at radius 3 is 1.36 bits per heavy atom. The highest BCUT2D eigenvalue weighted by atomic mass is 31.2. The number of nitrogens with two attached hydrogens (primary N) is 2. The van der Waals surface area contributed by atoms with Gasteiger partial charge >= 0.3 is 39.6 Å². The minimum absolute atomic E-state index is 0.0167. The molecular formula is C66H87F7N14O19P2. The van der Waals surface area contributed by atoms with Gasteiger partial charge in [-0.1, -0.05) is 75.9 Å². The van der Waals surface area contributed by atoms with E-state index in [1.54, 1.807) is 38.1 Å². The number of nitrogens with zero attached hydrogens (tertiary/aromatic N) is 10. The summed E-state index contributed by atoms with van der Waals surface area (Å²) in [5, 5.41) is 35.1. The van der Waals surface area contributed by atoms with Crippen molar-refractivity contribution in [2.45, 2.75) is 180 Å². The number of para-hydroxylation sites is 2. The summed E-state index contributed by atoms with van der Waals surface area (Å²) in [7, 11) is -6.38. The molecule has 0 saturated carbocycles. The van der Waals surface area contributed by atoms with Crippen molar-refractivity contribution in [2.24, 2.45) is 0 Å². The molecule has 3 aromatic carbocycles. The number of aliphatic hydroxyl groups is 3. The molecule has 12 atom stereocenters. The number of anilines is 4. The first kappa shape index (κ1) is 86.1.